The van der Waals surface area contributed by atoms with Gasteiger partial charge in [-0.05, 0) is 44.3 Å². The van der Waals surface area contributed by atoms with Crippen molar-refractivity contribution in [2.75, 3.05) is 19.8 Å². The molecule has 0 radical (unpaired) electrons. The summed E-state index contributed by atoms with van der Waals surface area (Å²) in [6.07, 6.45) is 6.77. The lowest BCUT2D eigenvalue weighted by atomic mass is 10.1. The number of rotatable bonds is 9. The lowest BCUT2D eigenvalue weighted by molar-refractivity contribution is -0.283. The highest BCUT2D eigenvalue weighted by Crippen LogP contribution is 2.37. The van der Waals surface area contributed by atoms with E-state index in [4.69, 9.17) is 19.0 Å². The van der Waals surface area contributed by atoms with Crippen molar-refractivity contribution in [3.05, 3.63) is 12.2 Å². The Bertz CT molecular complexity index is 445. The zero-order valence-corrected chi connectivity index (χ0v) is 17.8. The molecule has 0 aliphatic carbocycles. The molecule has 0 atom stereocenters. The quantitative estimate of drug-likeness (QED) is 0.364. The van der Waals surface area contributed by atoms with E-state index in [-0.39, 0.29) is 11.5 Å². The summed E-state index contributed by atoms with van der Waals surface area (Å²) in [6, 6.07) is 0. The predicted molar refractivity (Wildman–Crippen MR) is 102 cm³/mol. The molecule has 0 spiro atoms. The molecule has 1 saturated heterocycles. The molecule has 1 fully saturated rings. The summed E-state index contributed by atoms with van der Waals surface area (Å²) in [5.74, 6) is -1.05. The maximum absolute atomic E-state index is 10.4. The molecule has 0 bridgehead atoms. The van der Waals surface area contributed by atoms with E-state index in [1.165, 1.54) is 0 Å². The summed E-state index contributed by atoms with van der Waals surface area (Å²) in [4.78, 5) is 10.4. The van der Waals surface area contributed by atoms with E-state index < -0.39 is 20.1 Å². The van der Waals surface area contributed by atoms with E-state index in [1.807, 2.05) is 6.92 Å². The average molecular weight is 373 g/mol. The molecule has 25 heavy (non-hydrogen) atoms. The number of hydrogen-bond acceptors (Lipinski definition) is 4. The monoisotopic (exact) mass is 372 g/mol. The van der Waals surface area contributed by atoms with Crippen LogP contribution < -0.4 is 0 Å². The van der Waals surface area contributed by atoms with Crippen molar-refractivity contribution in [1.29, 1.82) is 0 Å². The van der Waals surface area contributed by atoms with Gasteiger partial charge in [-0.25, -0.2) is 0 Å². The molecule has 1 aliphatic heterocycles. The Balaban J connectivity index is 2.30. The molecule has 5 nitrogen and oxygen atoms in total. The van der Waals surface area contributed by atoms with Crippen LogP contribution in [0.5, 0.6) is 0 Å². The number of hydrogen-bond donors (Lipinski definition) is 1. The first-order valence-corrected chi connectivity index (χ1v) is 12.1. The molecule has 0 aromatic heterocycles. The Hall–Kier alpha value is -0.693. The van der Waals surface area contributed by atoms with Crippen LogP contribution in [0.2, 0.25) is 18.1 Å². The fraction of sp³-hybridized carbons (Fsp3) is 0.842. The fourth-order valence-electron chi connectivity index (χ4n) is 2.20. The first-order chi connectivity index (χ1) is 11.5. The van der Waals surface area contributed by atoms with Crippen LogP contribution in [0.1, 0.15) is 53.4 Å². The molecule has 146 valence electrons. The number of unbranched alkanes of at least 4 members (excludes halogenated alkanes) is 1. The minimum Gasteiger partial charge on any atom is -0.481 e. The van der Waals surface area contributed by atoms with Crippen LogP contribution in [0, 0.1) is 5.92 Å². The second-order valence-electron chi connectivity index (χ2n) is 8.66. The highest BCUT2D eigenvalue weighted by molar-refractivity contribution is 6.74. The molecule has 1 aliphatic rings. The van der Waals surface area contributed by atoms with E-state index >= 15 is 0 Å². The van der Waals surface area contributed by atoms with Gasteiger partial charge in [0, 0.05) is 12.3 Å². The molecule has 0 aromatic carbocycles. The molecule has 0 aromatic rings. The van der Waals surface area contributed by atoms with Gasteiger partial charge in [-0.3, -0.25) is 4.79 Å². The van der Waals surface area contributed by atoms with Gasteiger partial charge in [0.25, 0.3) is 0 Å². The van der Waals surface area contributed by atoms with Crippen molar-refractivity contribution in [3.63, 3.8) is 0 Å². The summed E-state index contributed by atoms with van der Waals surface area (Å²) >= 11 is 0. The topological polar surface area (TPSA) is 65.0 Å². The summed E-state index contributed by atoms with van der Waals surface area (Å²) in [5, 5.41) is 8.77. The molecule has 0 amide bonds. The van der Waals surface area contributed by atoms with Gasteiger partial charge in [-0.15, -0.1) is 0 Å². The van der Waals surface area contributed by atoms with Crippen molar-refractivity contribution in [3.8, 4) is 0 Å². The number of ether oxygens (including phenoxy) is 2. The Morgan fingerprint density at radius 2 is 1.88 bits per heavy atom. The van der Waals surface area contributed by atoms with Crippen LogP contribution in [0.15, 0.2) is 12.2 Å². The smallest absolute Gasteiger partial charge is 0.303 e. The van der Waals surface area contributed by atoms with Gasteiger partial charge in [0.2, 0.25) is 0 Å². The molecule has 1 N–H and O–H groups in total. The summed E-state index contributed by atoms with van der Waals surface area (Å²) < 4.78 is 18.2. The Kier molecular flexibility index (Phi) is 8.32. The van der Waals surface area contributed by atoms with Gasteiger partial charge in [-0.2, -0.15) is 0 Å². The van der Waals surface area contributed by atoms with Gasteiger partial charge in [-0.1, -0.05) is 32.9 Å². The third-order valence-corrected chi connectivity index (χ3v) is 9.63. The summed E-state index contributed by atoms with van der Waals surface area (Å²) in [7, 11) is -1.81. The van der Waals surface area contributed by atoms with Crippen molar-refractivity contribution in [1.82, 2.24) is 0 Å². The zero-order chi connectivity index (χ0) is 19.1. The SMILES string of the molecule is CC1(CO[Si](C)(C)C(C)(C)C)OCC(CC=CCCCC(=O)O)CO1. The summed E-state index contributed by atoms with van der Waals surface area (Å²) in [5.41, 5.74) is 0. The third kappa shape index (κ3) is 8.03. The van der Waals surface area contributed by atoms with E-state index in [0.717, 1.165) is 12.8 Å². The molecule has 1 heterocycles. The van der Waals surface area contributed by atoms with Crippen LogP contribution in [0.25, 0.3) is 0 Å². The lowest BCUT2D eigenvalue weighted by Crippen LogP contribution is -2.50. The standard InChI is InChI=1S/C19H36O5Si/c1-18(2,3)25(5,6)24-15-19(4)22-13-16(14-23-19)11-9-7-8-10-12-17(20)21/h7,9,16H,8,10-15H2,1-6H3,(H,20,21). The molecule has 0 unspecified atom stereocenters. The largest absolute Gasteiger partial charge is 0.481 e. The number of allylic oxidation sites excluding steroid dienone is 2. The number of aliphatic carboxylic acids is 1. The van der Waals surface area contributed by atoms with Gasteiger partial charge in [0.05, 0.1) is 19.8 Å². The molecular formula is C19H36O5Si. The van der Waals surface area contributed by atoms with Crippen molar-refractivity contribution in [2.45, 2.75) is 77.3 Å². The Labute approximate surface area is 153 Å². The Morgan fingerprint density at radius 3 is 2.40 bits per heavy atom. The predicted octanol–water partition coefficient (Wildman–Crippen LogP) is 4.59. The average Bonchev–Trinajstić information content (AvgIpc) is 2.49. The molecule has 1 rings (SSSR count). The maximum Gasteiger partial charge on any atom is 0.303 e. The Morgan fingerprint density at radius 1 is 1.28 bits per heavy atom. The van der Waals surface area contributed by atoms with E-state index in [9.17, 15) is 4.79 Å². The highest BCUT2D eigenvalue weighted by Gasteiger charge is 2.41. The van der Waals surface area contributed by atoms with Gasteiger partial charge in [0.15, 0.2) is 14.1 Å². The van der Waals surface area contributed by atoms with E-state index in [1.54, 1.807) is 0 Å². The molecular weight excluding hydrogens is 336 g/mol. The normalized spacial score (nSPS) is 25.4. The molecule has 0 saturated carbocycles. The van der Waals surface area contributed by atoms with Crippen LogP contribution >= 0.6 is 0 Å². The first kappa shape index (κ1) is 22.3. The second kappa shape index (κ2) is 9.30. The summed E-state index contributed by atoms with van der Waals surface area (Å²) in [6.45, 7) is 14.9. The van der Waals surface area contributed by atoms with Crippen molar-refractivity contribution < 1.29 is 23.8 Å². The highest BCUT2D eigenvalue weighted by atomic mass is 28.4. The number of carboxylic acid groups (broad SMARTS) is 1. The van der Waals surface area contributed by atoms with Crippen LogP contribution in [-0.4, -0.2) is 45.0 Å². The van der Waals surface area contributed by atoms with E-state index in [2.05, 4.69) is 46.0 Å². The zero-order valence-electron chi connectivity index (χ0n) is 16.8. The van der Waals surface area contributed by atoms with Gasteiger partial charge in [0.1, 0.15) is 0 Å². The number of carboxylic acids is 1. The fourth-order valence-corrected chi connectivity index (χ4v) is 3.26. The molecule has 6 heteroatoms. The third-order valence-electron chi connectivity index (χ3n) is 5.15. The van der Waals surface area contributed by atoms with Crippen LogP contribution in [0.4, 0.5) is 0 Å². The van der Waals surface area contributed by atoms with Crippen LogP contribution in [0.3, 0.4) is 0 Å². The first-order valence-electron chi connectivity index (χ1n) is 9.24. The van der Waals surface area contributed by atoms with Crippen molar-refractivity contribution in [2.24, 2.45) is 5.92 Å². The maximum atomic E-state index is 10.4. The van der Waals surface area contributed by atoms with Crippen molar-refractivity contribution >= 4 is 14.3 Å². The minimum absolute atomic E-state index is 0.173. The number of carbonyl (C=O) groups is 1. The van der Waals surface area contributed by atoms with Crippen LogP contribution in [-0.2, 0) is 18.7 Å². The lowest BCUT2D eigenvalue weighted by Gasteiger charge is -2.42. The minimum atomic E-state index is -1.81. The second-order valence-corrected chi connectivity index (χ2v) is 13.5. The van der Waals surface area contributed by atoms with Gasteiger partial charge >= 0.3 is 5.97 Å². The van der Waals surface area contributed by atoms with Gasteiger partial charge < -0.3 is 19.0 Å². The van der Waals surface area contributed by atoms with E-state index in [0.29, 0.717) is 32.2 Å².